The quantitative estimate of drug-likeness (QED) is 0.655. The summed E-state index contributed by atoms with van der Waals surface area (Å²) in [7, 11) is 0. The lowest BCUT2D eigenvalue weighted by Gasteiger charge is -2.14. The Balaban J connectivity index is 1.59. The number of hydrogen-bond donors (Lipinski definition) is 1. The van der Waals surface area contributed by atoms with E-state index in [0.29, 0.717) is 12.4 Å². The minimum Gasteiger partial charge on any atom is -0.360 e. The van der Waals surface area contributed by atoms with Gasteiger partial charge in [0.25, 0.3) is 0 Å². The normalized spacial score (nSPS) is 14.8. The summed E-state index contributed by atoms with van der Waals surface area (Å²) in [5.41, 5.74) is 2.38. The molecule has 23 heavy (non-hydrogen) atoms. The number of likely N-dealkylation sites (tertiary alicyclic amines) is 1. The fourth-order valence-corrected chi connectivity index (χ4v) is 2.83. The zero-order valence-electron chi connectivity index (χ0n) is 12.9. The molecule has 1 fully saturated rings. The van der Waals surface area contributed by atoms with Crippen LogP contribution < -0.4 is 5.32 Å². The number of benzene rings is 1. The van der Waals surface area contributed by atoms with Gasteiger partial charge in [-0.15, -0.1) is 0 Å². The van der Waals surface area contributed by atoms with Crippen LogP contribution in [0.1, 0.15) is 24.0 Å². The molecule has 0 bridgehead atoms. The Hall–Kier alpha value is -2.47. The third kappa shape index (κ3) is 4.04. The van der Waals surface area contributed by atoms with Gasteiger partial charge < -0.3 is 5.32 Å². The molecule has 0 radical (unpaired) electrons. The van der Waals surface area contributed by atoms with Gasteiger partial charge >= 0.3 is 5.69 Å². The first kappa shape index (κ1) is 15.4. The van der Waals surface area contributed by atoms with Crippen LogP contribution >= 0.6 is 0 Å². The van der Waals surface area contributed by atoms with Gasteiger partial charge in [-0.2, -0.15) is 0 Å². The molecule has 120 valence electrons. The Morgan fingerprint density at radius 1 is 1.13 bits per heavy atom. The zero-order valence-corrected chi connectivity index (χ0v) is 12.9. The summed E-state index contributed by atoms with van der Waals surface area (Å²) in [6.45, 7) is 3.89. The number of nitrogens with zero attached hydrogens (tertiary/aromatic N) is 3. The zero-order chi connectivity index (χ0) is 16.1. The Bertz CT molecular complexity index is 667. The maximum atomic E-state index is 11.0. The largest absolute Gasteiger partial charge is 0.360 e. The molecule has 0 aliphatic carbocycles. The molecule has 0 atom stereocenters. The van der Waals surface area contributed by atoms with Crippen molar-refractivity contribution in [3.63, 3.8) is 0 Å². The fourth-order valence-electron chi connectivity index (χ4n) is 2.83. The SMILES string of the molecule is O=[N+]([O-])c1cccnc1NCc1ccc(CN2CCCC2)cc1. The first-order valence-corrected chi connectivity index (χ1v) is 7.86. The minimum absolute atomic E-state index is 0.00171. The average molecular weight is 312 g/mol. The van der Waals surface area contributed by atoms with E-state index in [4.69, 9.17) is 0 Å². The highest BCUT2D eigenvalue weighted by Crippen LogP contribution is 2.21. The molecule has 0 amide bonds. The van der Waals surface area contributed by atoms with Crippen molar-refractivity contribution in [1.29, 1.82) is 0 Å². The molecule has 1 aliphatic rings. The molecule has 1 aromatic heterocycles. The maximum Gasteiger partial charge on any atom is 0.311 e. The number of rotatable bonds is 6. The number of pyridine rings is 1. The molecule has 0 unspecified atom stereocenters. The predicted molar refractivity (Wildman–Crippen MR) is 89.2 cm³/mol. The van der Waals surface area contributed by atoms with Crippen LogP contribution in [-0.4, -0.2) is 27.9 Å². The standard InChI is InChI=1S/C17H20N4O2/c22-21(23)16-4-3-9-18-17(16)19-12-14-5-7-15(8-6-14)13-20-10-1-2-11-20/h3-9H,1-2,10-13H2,(H,18,19). The first-order valence-electron chi connectivity index (χ1n) is 7.86. The van der Waals surface area contributed by atoms with E-state index in [9.17, 15) is 10.1 Å². The van der Waals surface area contributed by atoms with E-state index >= 15 is 0 Å². The van der Waals surface area contributed by atoms with Crippen LogP contribution in [0.25, 0.3) is 0 Å². The lowest BCUT2D eigenvalue weighted by Crippen LogP contribution is -2.18. The van der Waals surface area contributed by atoms with E-state index in [1.54, 1.807) is 12.3 Å². The van der Waals surface area contributed by atoms with E-state index in [1.165, 1.54) is 37.6 Å². The van der Waals surface area contributed by atoms with Gasteiger partial charge in [0.1, 0.15) is 0 Å². The van der Waals surface area contributed by atoms with Gasteiger partial charge in [0.2, 0.25) is 5.82 Å². The van der Waals surface area contributed by atoms with Crippen molar-refractivity contribution >= 4 is 11.5 Å². The van der Waals surface area contributed by atoms with Crippen LogP contribution in [0.15, 0.2) is 42.6 Å². The van der Waals surface area contributed by atoms with Gasteiger partial charge in [-0.3, -0.25) is 15.0 Å². The third-order valence-electron chi connectivity index (χ3n) is 4.07. The van der Waals surface area contributed by atoms with Crippen molar-refractivity contribution in [1.82, 2.24) is 9.88 Å². The highest BCUT2D eigenvalue weighted by Gasteiger charge is 2.14. The molecule has 6 nitrogen and oxygen atoms in total. The Morgan fingerprint density at radius 3 is 2.52 bits per heavy atom. The molecule has 1 N–H and O–H groups in total. The van der Waals surface area contributed by atoms with Gasteiger partial charge in [0.15, 0.2) is 0 Å². The van der Waals surface area contributed by atoms with E-state index in [-0.39, 0.29) is 5.69 Å². The predicted octanol–water partition coefficient (Wildman–Crippen LogP) is 3.20. The average Bonchev–Trinajstić information content (AvgIpc) is 3.07. The Labute approximate surface area is 135 Å². The van der Waals surface area contributed by atoms with E-state index in [0.717, 1.165) is 12.1 Å². The maximum absolute atomic E-state index is 11.0. The van der Waals surface area contributed by atoms with Crippen molar-refractivity contribution in [2.45, 2.75) is 25.9 Å². The number of aromatic nitrogens is 1. The van der Waals surface area contributed by atoms with Gasteiger partial charge in [0.05, 0.1) is 4.92 Å². The monoisotopic (exact) mass is 312 g/mol. The molecule has 0 saturated carbocycles. The Kier molecular flexibility index (Phi) is 4.83. The topological polar surface area (TPSA) is 71.3 Å². The van der Waals surface area contributed by atoms with E-state index < -0.39 is 4.92 Å². The molecule has 1 aromatic carbocycles. The summed E-state index contributed by atoms with van der Waals surface area (Å²) in [6, 6.07) is 11.4. The van der Waals surface area contributed by atoms with Gasteiger partial charge in [0, 0.05) is 25.4 Å². The summed E-state index contributed by atoms with van der Waals surface area (Å²) in [4.78, 5) is 17.0. The molecule has 1 aliphatic heterocycles. The van der Waals surface area contributed by atoms with Crippen LogP contribution in [0, 0.1) is 10.1 Å². The second-order valence-corrected chi connectivity index (χ2v) is 5.78. The number of nitro groups is 1. The van der Waals surface area contributed by atoms with Crippen LogP contribution in [0.5, 0.6) is 0 Å². The van der Waals surface area contributed by atoms with Crippen molar-refractivity contribution in [2.75, 3.05) is 18.4 Å². The van der Waals surface area contributed by atoms with Crippen LogP contribution in [0.3, 0.4) is 0 Å². The van der Waals surface area contributed by atoms with Crippen molar-refractivity contribution in [3.05, 3.63) is 63.8 Å². The van der Waals surface area contributed by atoms with Gasteiger partial charge in [-0.1, -0.05) is 24.3 Å². The molecule has 0 spiro atoms. The summed E-state index contributed by atoms with van der Waals surface area (Å²) < 4.78 is 0. The third-order valence-corrected chi connectivity index (χ3v) is 4.07. The lowest BCUT2D eigenvalue weighted by molar-refractivity contribution is -0.384. The van der Waals surface area contributed by atoms with Crippen molar-refractivity contribution in [2.24, 2.45) is 0 Å². The first-order chi connectivity index (χ1) is 11.2. The van der Waals surface area contributed by atoms with Gasteiger partial charge in [-0.05, 0) is 43.1 Å². The summed E-state index contributed by atoms with van der Waals surface area (Å²) in [5, 5.41) is 14.0. The van der Waals surface area contributed by atoms with E-state index in [1.807, 2.05) is 0 Å². The summed E-state index contributed by atoms with van der Waals surface area (Å²) in [6.07, 6.45) is 4.14. The molecule has 6 heteroatoms. The van der Waals surface area contributed by atoms with Gasteiger partial charge in [-0.25, -0.2) is 4.98 Å². The molecular formula is C17H20N4O2. The Morgan fingerprint density at radius 2 is 1.83 bits per heavy atom. The second kappa shape index (κ2) is 7.19. The lowest BCUT2D eigenvalue weighted by atomic mass is 10.1. The van der Waals surface area contributed by atoms with E-state index in [2.05, 4.69) is 39.5 Å². The number of nitrogens with one attached hydrogen (secondary N) is 1. The van der Waals surface area contributed by atoms with Crippen LogP contribution in [0.2, 0.25) is 0 Å². The van der Waals surface area contributed by atoms with Crippen LogP contribution in [-0.2, 0) is 13.1 Å². The smallest absolute Gasteiger partial charge is 0.311 e. The molecule has 1 saturated heterocycles. The summed E-state index contributed by atoms with van der Waals surface area (Å²) >= 11 is 0. The molecule has 2 heterocycles. The fraction of sp³-hybridized carbons (Fsp3) is 0.353. The highest BCUT2D eigenvalue weighted by molar-refractivity contribution is 5.55. The molecule has 2 aromatic rings. The van der Waals surface area contributed by atoms with Crippen molar-refractivity contribution in [3.8, 4) is 0 Å². The second-order valence-electron chi connectivity index (χ2n) is 5.78. The minimum atomic E-state index is -0.422. The number of anilines is 1. The number of hydrogen-bond acceptors (Lipinski definition) is 5. The van der Waals surface area contributed by atoms with Crippen molar-refractivity contribution < 1.29 is 4.92 Å². The highest BCUT2D eigenvalue weighted by atomic mass is 16.6. The molecule has 3 rings (SSSR count). The summed E-state index contributed by atoms with van der Waals surface area (Å²) in [5.74, 6) is 0.304. The van der Waals surface area contributed by atoms with Crippen LogP contribution in [0.4, 0.5) is 11.5 Å². The molecular weight excluding hydrogens is 292 g/mol.